The van der Waals surface area contributed by atoms with E-state index in [1.807, 2.05) is 13.0 Å². The van der Waals surface area contributed by atoms with Gasteiger partial charge in [-0.1, -0.05) is 29.7 Å². The molecule has 0 fully saturated rings. The molecule has 15 heavy (non-hydrogen) atoms. The summed E-state index contributed by atoms with van der Waals surface area (Å²) in [5, 5.41) is 0. The maximum atomic E-state index is 13.7. The van der Waals surface area contributed by atoms with Gasteiger partial charge in [-0.15, -0.1) is 4.48 Å². The predicted molar refractivity (Wildman–Crippen MR) is 58.3 cm³/mol. The van der Waals surface area contributed by atoms with Crippen molar-refractivity contribution in [1.29, 1.82) is 0 Å². The van der Waals surface area contributed by atoms with Gasteiger partial charge in [-0.2, -0.15) is 0 Å². The number of carbonyl (C=O) groups is 1. The molecule has 1 atom stereocenters. The molecule has 0 N–H and O–H groups in total. The Bertz CT molecular complexity index is 409. The summed E-state index contributed by atoms with van der Waals surface area (Å²) < 4.78 is 14.3. The lowest BCUT2D eigenvalue weighted by atomic mass is 9.89. The van der Waals surface area contributed by atoms with Crippen LogP contribution in [0.25, 0.3) is 0 Å². The zero-order valence-electron chi connectivity index (χ0n) is 8.66. The molecule has 1 aliphatic heterocycles. The number of nitrogens with zero attached hydrogens (tertiary/aromatic N) is 1. The van der Waals surface area contributed by atoms with Gasteiger partial charge in [0.1, 0.15) is 5.54 Å². The molecule has 0 saturated heterocycles. The number of fused-ring (bicyclic) bond motifs is 1. The molecule has 0 bridgehead atoms. The Morgan fingerprint density at radius 3 is 2.80 bits per heavy atom. The van der Waals surface area contributed by atoms with Crippen LogP contribution in [0.4, 0.5) is 4.48 Å². The van der Waals surface area contributed by atoms with Crippen molar-refractivity contribution in [2.45, 2.75) is 30.7 Å². The minimum Gasteiger partial charge on any atom is -0.292 e. The second-order valence-corrected chi connectivity index (χ2v) is 4.73. The van der Waals surface area contributed by atoms with Crippen molar-refractivity contribution in [2.75, 3.05) is 0 Å². The molecular weight excluding hydrogens is 213 g/mol. The van der Waals surface area contributed by atoms with Crippen LogP contribution in [0, 0.1) is 0 Å². The van der Waals surface area contributed by atoms with Gasteiger partial charge in [0.2, 0.25) is 0 Å². The molecule has 0 aliphatic carbocycles. The van der Waals surface area contributed by atoms with E-state index in [-0.39, 0.29) is 5.78 Å². The van der Waals surface area contributed by atoms with Crippen LogP contribution in [0.1, 0.15) is 30.6 Å². The van der Waals surface area contributed by atoms with Crippen molar-refractivity contribution in [3.63, 3.8) is 0 Å². The largest absolute Gasteiger partial charge is 0.292 e. The number of rotatable bonds is 1. The number of halogens is 1. The highest BCUT2D eigenvalue weighted by atomic mass is 32.2. The lowest BCUT2D eigenvalue weighted by Crippen LogP contribution is -2.47. The van der Waals surface area contributed by atoms with Crippen LogP contribution in [0.15, 0.2) is 29.2 Å². The molecular formula is C11H12FNOS. The maximum absolute atomic E-state index is 13.7. The summed E-state index contributed by atoms with van der Waals surface area (Å²) >= 11 is 0.993. The molecule has 1 aliphatic rings. The Morgan fingerprint density at radius 1 is 1.47 bits per heavy atom. The molecule has 0 radical (unpaired) electrons. The maximum Gasteiger partial charge on any atom is 0.187 e. The Balaban J connectivity index is 2.52. The molecule has 0 aromatic heterocycles. The molecule has 1 aromatic rings. The fourth-order valence-electron chi connectivity index (χ4n) is 1.58. The third-order valence-corrected chi connectivity index (χ3v) is 3.99. The van der Waals surface area contributed by atoms with Crippen molar-refractivity contribution in [1.82, 2.24) is 4.53 Å². The van der Waals surface area contributed by atoms with Crippen LogP contribution >= 0.6 is 11.9 Å². The third-order valence-electron chi connectivity index (χ3n) is 2.88. The van der Waals surface area contributed by atoms with Crippen molar-refractivity contribution in [2.24, 2.45) is 0 Å². The van der Waals surface area contributed by atoms with Crippen molar-refractivity contribution < 1.29 is 9.28 Å². The Hall–Kier alpha value is -0.870. The Kier molecular flexibility index (Phi) is 2.56. The molecule has 1 unspecified atom stereocenters. The van der Waals surface area contributed by atoms with Crippen molar-refractivity contribution >= 4 is 17.7 Å². The van der Waals surface area contributed by atoms with E-state index in [2.05, 4.69) is 0 Å². The van der Waals surface area contributed by atoms with Crippen LogP contribution in [0.5, 0.6) is 0 Å². The van der Waals surface area contributed by atoms with E-state index >= 15 is 0 Å². The van der Waals surface area contributed by atoms with E-state index in [4.69, 9.17) is 0 Å². The van der Waals surface area contributed by atoms with Gasteiger partial charge in [-0.25, -0.2) is 0 Å². The number of ketones is 1. The number of hydrogen-bond donors (Lipinski definition) is 0. The number of benzene rings is 1. The lowest BCUT2D eigenvalue weighted by molar-refractivity contribution is 0.0247. The molecule has 80 valence electrons. The predicted octanol–water partition coefficient (Wildman–Crippen LogP) is 3.25. The molecule has 2 rings (SSSR count). The second kappa shape index (κ2) is 3.61. The quantitative estimate of drug-likeness (QED) is 0.540. The van der Waals surface area contributed by atoms with Gasteiger partial charge >= 0.3 is 0 Å². The van der Waals surface area contributed by atoms with Crippen LogP contribution in [0.3, 0.4) is 0 Å². The van der Waals surface area contributed by atoms with Gasteiger partial charge in [0, 0.05) is 10.5 Å². The molecule has 0 amide bonds. The molecule has 1 aromatic carbocycles. The second-order valence-electron chi connectivity index (χ2n) is 3.79. The van der Waals surface area contributed by atoms with E-state index in [0.29, 0.717) is 21.4 Å². The number of hydrogen-bond acceptors (Lipinski definition) is 3. The van der Waals surface area contributed by atoms with Crippen molar-refractivity contribution in [3.8, 4) is 0 Å². The molecule has 2 nitrogen and oxygen atoms in total. The summed E-state index contributed by atoms with van der Waals surface area (Å²) in [5.41, 5.74) is -0.403. The van der Waals surface area contributed by atoms with Crippen LogP contribution in [0.2, 0.25) is 0 Å². The first-order valence-electron chi connectivity index (χ1n) is 4.87. The standard InChI is InChI=1S/C11H12FNOS/c1-3-11(2)10(14)8-6-4-5-7-9(8)15-13(11)12/h4-7H,3H2,1-2H3. The van der Waals surface area contributed by atoms with Gasteiger partial charge in [0.25, 0.3) is 0 Å². The summed E-state index contributed by atoms with van der Waals surface area (Å²) in [6.07, 6.45) is 0.462. The minimum atomic E-state index is -1.03. The monoisotopic (exact) mass is 225 g/mol. The fraction of sp³-hybridized carbons (Fsp3) is 0.364. The average Bonchev–Trinajstić information content (AvgIpc) is 2.26. The van der Waals surface area contributed by atoms with E-state index in [1.54, 1.807) is 25.1 Å². The lowest BCUT2D eigenvalue weighted by Gasteiger charge is -2.35. The normalized spacial score (nSPS) is 26.5. The van der Waals surface area contributed by atoms with Crippen molar-refractivity contribution in [3.05, 3.63) is 29.8 Å². The summed E-state index contributed by atoms with van der Waals surface area (Å²) in [5.74, 6) is -0.137. The number of carbonyl (C=O) groups excluding carboxylic acids is 1. The van der Waals surface area contributed by atoms with E-state index < -0.39 is 5.54 Å². The first kappa shape index (κ1) is 10.6. The summed E-state index contributed by atoms with van der Waals surface area (Å²) in [7, 11) is 0. The van der Waals surface area contributed by atoms with Gasteiger partial charge in [-0.05, 0) is 31.4 Å². The topological polar surface area (TPSA) is 20.3 Å². The van der Waals surface area contributed by atoms with Crippen LogP contribution < -0.4 is 0 Å². The SMILES string of the molecule is CCC1(C)C(=O)c2ccccc2SN1F. The van der Waals surface area contributed by atoms with Gasteiger partial charge in [0.05, 0.1) is 0 Å². The van der Waals surface area contributed by atoms with E-state index in [1.165, 1.54) is 0 Å². The molecule has 4 heteroatoms. The molecule has 1 heterocycles. The Labute approximate surface area is 92.5 Å². The van der Waals surface area contributed by atoms with Crippen LogP contribution in [-0.2, 0) is 0 Å². The summed E-state index contributed by atoms with van der Waals surface area (Å²) in [6, 6.07) is 7.13. The van der Waals surface area contributed by atoms with Gasteiger partial charge in [0.15, 0.2) is 5.78 Å². The average molecular weight is 225 g/mol. The molecule has 0 spiro atoms. The fourth-order valence-corrected chi connectivity index (χ4v) is 2.56. The van der Waals surface area contributed by atoms with Gasteiger partial charge < -0.3 is 0 Å². The summed E-state index contributed by atoms with van der Waals surface area (Å²) in [4.78, 5) is 12.8. The molecule has 0 saturated carbocycles. The summed E-state index contributed by atoms with van der Waals surface area (Å²) in [6.45, 7) is 3.46. The zero-order chi connectivity index (χ0) is 11.1. The van der Waals surface area contributed by atoms with E-state index in [9.17, 15) is 9.28 Å². The minimum absolute atomic E-state index is 0.137. The smallest absolute Gasteiger partial charge is 0.187 e. The first-order chi connectivity index (χ1) is 7.09. The van der Waals surface area contributed by atoms with Gasteiger partial charge in [-0.3, -0.25) is 4.79 Å². The highest BCUT2D eigenvalue weighted by molar-refractivity contribution is 7.97. The first-order valence-corrected chi connectivity index (χ1v) is 5.64. The Morgan fingerprint density at radius 2 is 2.13 bits per heavy atom. The van der Waals surface area contributed by atoms with Crippen LogP contribution in [-0.4, -0.2) is 15.8 Å². The highest BCUT2D eigenvalue weighted by Gasteiger charge is 2.44. The zero-order valence-corrected chi connectivity index (χ0v) is 9.47. The highest BCUT2D eigenvalue weighted by Crippen LogP contribution is 2.42. The number of Topliss-reactive ketones (excluding diaryl/α,β-unsaturated/α-hetero) is 1. The van der Waals surface area contributed by atoms with E-state index in [0.717, 1.165) is 11.9 Å². The third kappa shape index (κ3) is 1.48.